The number of nitrogens with zero attached hydrogens (tertiary/aromatic N) is 4. The smallest absolute Gasteiger partial charge is 0.306 e. The molecule has 0 aliphatic carbocycles. The van der Waals surface area contributed by atoms with Crippen molar-refractivity contribution >= 4 is 5.69 Å². The number of aliphatic hydroxyl groups excluding tert-OH is 1. The molecule has 2 aliphatic rings. The van der Waals surface area contributed by atoms with E-state index in [2.05, 4.69) is 10.00 Å². The minimum atomic E-state index is -0.582. The highest BCUT2D eigenvalue weighted by molar-refractivity contribution is 5.20. The molecule has 0 radical (unpaired) electrons. The van der Waals surface area contributed by atoms with Crippen LogP contribution in [0.1, 0.15) is 12.8 Å². The van der Waals surface area contributed by atoms with Crippen molar-refractivity contribution in [3.8, 4) is 0 Å². The highest BCUT2D eigenvalue weighted by atomic mass is 16.6. The molecule has 3 rings (SSSR count). The second kappa shape index (κ2) is 5.70. The van der Waals surface area contributed by atoms with Crippen molar-refractivity contribution < 1.29 is 14.8 Å². The Labute approximate surface area is 122 Å². The molecule has 1 aromatic rings. The van der Waals surface area contributed by atoms with E-state index in [4.69, 9.17) is 4.74 Å². The van der Waals surface area contributed by atoms with Gasteiger partial charge in [0.2, 0.25) is 0 Å². The third-order valence-corrected chi connectivity index (χ3v) is 4.40. The average Bonchev–Trinajstić information content (AvgIpc) is 3.13. The van der Waals surface area contributed by atoms with Gasteiger partial charge >= 0.3 is 5.69 Å². The van der Waals surface area contributed by atoms with Crippen LogP contribution >= 0.6 is 0 Å². The first-order valence-corrected chi connectivity index (χ1v) is 7.21. The van der Waals surface area contributed by atoms with Gasteiger partial charge < -0.3 is 14.7 Å². The van der Waals surface area contributed by atoms with Gasteiger partial charge in [-0.1, -0.05) is 0 Å². The molecule has 116 valence electrons. The Morgan fingerprint density at radius 2 is 2.38 bits per heavy atom. The van der Waals surface area contributed by atoms with E-state index < -0.39 is 11.0 Å². The molecule has 21 heavy (non-hydrogen) atoms. The van der Waals surface area contributed by atoms with E-state index in [1.807, 2.05) is 0 Å². The molecular formula is C13H20N4O4. The van der Waals surface area contributed by atoms with Crippen LogP contribution in [-0.4, -0.2) is 63.7 Å². The van der Waals surface area contributed by atoms with Gasteiger partial charge in [-0.3, -0.25) is 14.8 Å². The maximum Gasteiger partial charge on any atom is 0.306 e. The van der Waals surface area contributed by atoms with Crippen LogP contribution in [0.4, 0.5) is 5.69 Å². The summed E-state index contributed by atoms with van der Waals surface area (Å²) in [5.74, 6) is 0. The number of aromatic nitrogens is 2. The molecular weight excluding hydrogens is 276 g/mol. The van der Waals surface area contributed by atoms with Crippen molar-refractivity contribution in [2.24, 2.45) is 5.41 Å². The molecule has 2 aliphatic heterocycles. The molecule has 8 heteroatoms. The van der Waals surface area contributed by atoms with Gasteiger partial charge in [-0.15, -0.1) is 0 Å². The summed E-state index contributed by atoms with van der Waals surface area (Å²) >= 11 is 0. The fourth-order valence-electron chi connectivity index (χ4n) is 3.27. The maximum atomic E-state index is 10.6. The molecule has 8 nitrogen and oxygen atoms in total. The fourth-order valence-corrected chi connectivity index (χ4v) is 3.27. The third kappa shape index (κ3) is 3.22. The molecule has 1 aromatic heterocycles. The summed E-state index contributed by atoms with van der Waals surface area (Å²) in [5.41, 5.74) is 0.231. The molecule has 2 unspecified atom stereocenters. The van der Waals surface area contributed by atoms with Crippen LogP contribution in [0.5, 0.6) is 0 Å². The monoisotopic (exact) mass is 296 g/mol. The molecule has 1 N–H and O–H groups in total. The summed E-state index contributed by atoms with van der Waals surface area (Å²) in [7, 11) is 0. The normalized spacial score (nSPS) is 27.5. The third-order valence-electron chi connectivity index (χ3n) is 4.40. The van der Waals surface area contributed by atoms with E-state index in [0.717, 1.165) is 39.1 Å². The van der Waals surface area contributed by atoms with Crippen molar-refractivity contribution in [1.29, 1.82) is 0 Å². The van der Waals surface area contributed by atoms with Crippen LogP contribution < -0.4 is 0 Å². The van der Waals surface area contributed by atoms with Crippen LogP contribution in [-0.2, 0) is 11.3 Å². The van der Waals surface area contributed by atoms with Gasteiger partial charge in [0.25, 0.3) is 0 Å². The van der Waals surface area contributed by atoms with Crippen molar-refractivity contribution in [2.75, 3.05) is 32.8 Å². The van der Waals surface area contributed by atoms with Crippen LogP contribution in [0.25, 0.3) is 0 Å². The predicted octanol–water partition coefficient (Wildman–Crippen LogP) is 0.265. The summed E-state index contributed by atoms with van der Waals surface area (Å²) in [5, 5.41) is 24.6. The first-order chi connectivity index (χ1) is 10.1. The topological polar surface area (TPSA) is 93.7 Å². The Balaban J connectivity index is 1.50. The van der Waals surface area contributed by atoms with Crippen molar-refractivity contribution in [3.63, 3.8) is 0 Å². The number of nitro groups is 1. The summed E-state index contributed by atoms with van der Waals surface area (Å²) < 4.78 is 6.91. The Hall–Kier alpha value is -1.51. The molecule has 2 saturated heterocycles. The van der Waals surface area contributed by atoms with Gasteiger partial charge in [-0.05, 0) is 19.4 Å². The zero-order chi connectivity index (χ0) is 14.9. The van der Waals surface area contributed by atoms with E-state index in [1.54, 1.807) is 0 Å². The summed E-state index contributed by atoms with van der Waals surface area (Å²) in [4.78, 5) is 12.4. The molecule has 0 saturated carbocycles. The predicted molar refractivity (Wildman–Crippen MR) is 73.8 cm³/mol. The van der Waals surface area contributed by atoms with Crippen LogP contribution in [0.2, 0.25) is 0 Å². The lowest BCUT2D eigenvalue weighted by atomic mass is 9.87. The van der Waals surface area contributed by atoms with Gasteiger partial charge in [0, 0.05) is 25.1 Å². The van der Waals surface area contributed by atoms with Crippen LogP contribution in [0.15, 0.2) is 12.4 Å². The summed E-state index contributed by atoms with van der Waals surface area (Å²) in [6, 6.07) is 0. The Kier molecular flexibility index (Phi) is 3.92. The van der Waals surface area contributed by atoms with Gasteiger partial charge in [-0.2, -0.15) is 5.10 Å². The zero-order valence-electron chi connectivity index (χ0n) is 11.8. The molecule has 0 aromatic carbocycles. The number of ether oxygens (including phenoxy) is 1. The number of β-amino-alcohol motifs (C(OH)–C–C–N with tert-alkyl or cyclic N) is 1. The Morgan fingerprint density at radius 3 is 3.05 bits per heavy atom. The zero-order valence-corrected chi connectivity index (χ0v) is 11.8. The fraction of sp³-hybridized carbons (Fsp3) is 0.769. The average molecular weight is 296 g/mol. The lowest BCUT2D eigenvalue weighted by Gasteiger charge is -2.23. The van der Waals surface area contributed by atoms with E-state index in [1.165, 1.54) is 17.1 Å². The minimum absolute atomic E-state index is 0.0505. The lowest BCUT2D eigenvalue weighted by Crippen LogP contribution is -2.35. The lowest BCUT2D eigenvalue weighted by molar-refractivity contribution is -0.385. The highest BCUT2D eigenvalue weighted by Gasteiger charge is 2.41. The van der Waals surface area contributed by atoms with Crippen LogP contribution in [0.3, 0.4) is 0 Å². The maximum absolute atomic E-state index is 10.6. The highest BCUT2D eigenvalue weighted by Crippen LogP contribution is 2.38. The Bertz CT molecular complexity index is 512. The molecule has 2 atom stereocenters. The SMILES string of the molecule is O=[N+]([O-])c1cnn(CC(O)CN2CCC3(CCOC3)C2)c1. The second-order valence-electron chi connectivity index (χ2n) is 6.12. The number of hydrogen-bond donors (Lipinski definition) is 1. The van der Waals surface area contributed by atoms with Crippen molar-refractivity contribution in [1.82, 2.24) is 14.7 Å². The van der Waals surface area contributed by atoms with Gasteiger partial charge in [0.15, 0.2) is 0 Å². The van der Waals surface area contributed by atoms with Crippen LogP contribution in [0, 0.1) is 15.5 Å². The molecule has 0 amide bonds. The number of rotatable bonds is 5. The van der Waals surface area contributed by atoms with Gasteiger partial charge in [0.1, 0.15) is 12.4 Å². The molecule has 0 bridgehead atoms. The van der Waals surface area contributed by atoms with E-state index in [0.29, 0.717) is 6.54 Å². The van der Waals surface area contributed by atoms with Crippen molar-refractivity contribution in [2.45, 2.75) is 25.5 Å². The second-order valence-corrected chi connectivity index (χ2v) is 6.12. The minimum Gasteiger partial charge on any atom is -0.390 e. The van der Waals surface area contributed by atoms with Gasteiger partial charge in [-0.25, -0.2) is 0 Å². The molecule has 2 fully saturated rings. The Morgan fingerprint density at radius 1 is 1.52 bits per heavy atom. The number of hydrogen-bond acceptors (Lipinski definition) is 6. The largest absolute Gasteiger partial charge is 0.390 e. The van der Waals surface area contributed by atoms with Gasteiger partial charge in [0.05, 0.1) is 24.2 Å². The first kappa shape index (κ1) is 14.4. The number of likely N-dealkylation sites (tertiary alicyclic amines) is 1. The summed E-state index contributed by atoms with van der Waals surface area (Å²) in [6.07, 6.45) is 4.19. The van der Waals surface area contributed by atoms with E-state index in [-0.39, 0.29) is 17.6 Å². The molecule has 3 heterocycles. The summed E-state index contributed by atoms with van der Waals surface area (Å²) in [6.45, 7) is 4.44. The quantitative estimate of drug-likeness (QED) is 0.619. The first-order valence-electron chi connectivity index (χ1n) is 7.21. The number of aliphatic hydroxyl groups is 1. The van der Waals surface area contributed by atoms with E-state index >= 15 is 0 Å². The molecule has 1 spiro atoms. The van der Waals surface area contributed by atoms with Crippen molar-refractivity contribution in [3.05, 3.63) is 22.5 Å². The standard InChI is InChI=1S/C13H20N4O4/c18-12(8-16-6-11(5-14-16)17(19)20)7-15-3-1-13(9-15)2-4-21-10-13/h5-6,12,18H,1-4,7-10H2. The van der Waals surface area contributed by atoms with E-state index in [9.17, 15) is 15.2 Å².